The van der Waals surface area contributed by atoms with Crippen molar-refractivity contribution in [3.05, 3.63) is 18.2 Å². The fourth-order valence-corrected chi connectivity index (χ4v) is 1.00. The molecule has 0 radical (unpaired) electrons. The van der Waals surface area contributed by atoms with Gasteiger partial charge in [-0.15, -0.1) is 0 Å². The lowest BCUT2D eigenvalue weighted by Crippen LogP contribution is -2.10. The second kappa shape index (κ2) is 3.50. The Balaban J connectivity index is 2.83. The van der Waals surface area contributed by atoms with E-state index in [1.165, 1.54) is 0 Å². The smallest absolute Gasteiger partial charge is 0.117 e. The third-order valence-corrected chi connectivity index (χ3v) is 1.71. The number of aromatic nitrogens is 2. The predicted molar refractivity (Wildman–Crippen MR) is 41.6 cm³/mol. The minimum atomic E-state index is -0.0857. The highest BCUT2D eigenvalue weighted by molar-refractivity contribution is 5.01. The van der Waals surface area contributed by atoms with Gasteiger partial charge in [0.2, 0.25) is 0 Å². The maximum absolute atomic E-state index is 5.05. The first-order valence-electron chi connectivity index (χ1n) is 3.65. The summed E-state index contributed by atoms with van der Waals surface area (Å²) in [5.74, 6) is 5.05. The van der Waals surface area contributed by atoms with E-state index in [1.807, 2.05) is 11.5 Å². The van der Waals surface area contributed by atoms with Crippen molar-refractivity contribution in [2.75, 3.05) is 0 Å². The summed E-state index contributed by atoms with van der Waals surface area (Å²) in [5, 5.41) is 0. The van der Waals surface area contributed by atoms with E-state index in [0.29, 0.717) is 0 Å². The van der Waals surface area contributed by atoms with E-state index < -0.39 is 0 Å². The number of nitrogens with two attached hydrogens (primary N) is 1. The van der Waals surface area contributed by atoms with Crippen molar-refractivity contribution >= 4 is 0 Å². The number of aryl methyl sites for hydroxylation is 1. The lowest BCUT2D eigenvalue weighted by atomic mass is 10.3. The molecule has 0 bridgehead atoms. The van der Waals surface area contributed by atoms with E-state index in [4.69, 9.17) is 5.90 Å². The van der Waals surface area contributed by atoms with Crippen LogP contribution in [0.1, 0.15) is 25.6 Å². The molecule has 0 aliphatic carbocycles. The monoisotopic (exact) mass is 155 g/mol. The fraction of sp³-hybridized carbons (Fsp3) is 0.571. The molecule has 1 heterocycles. The van der Waals surface area contributed by atoms with Gasteiger partial charge in [-0.2, -0.15) is 0 Å². The molecule has 11 heavy (non-hydrogen) atoms. The minimum Gasteiger partial charge on any atom is -0.333 e. The van der Waals surface area contributed by atoms with Gasteiger partial charge in [0.1, 0.15) is 6.10 Å². The van der Waals surface area contributed by atoms with Crippen molar-refractivity contribution in [3.63, 3.8) is 0 Å². The van der Waals surface area contributed by atoms with Crippen LogP contribution in [0.5, 0.6) is 0 Å². The Hall–Kier alpha value is -0.870. The first-order chi connectivity index (χ1) is 5.29. The van der Waals surface area contributed by atoms with Gasteiger partial charge in [0.15, 0.2) is 0 Å². The summed E-state index contributed by atoms with van der Waals surface area (Å²) in [6.45, 7) is 4.83. The van der Waals surface area contributed by atoms with Crippen molar-refractivity contribution < 1.29 is 4.84 Å². The van der Waals surface area contributed by atoms with Crippen molar-refractivity contribution in [1.82, 2.24) is 9.55 Å². The van der Waals surface area contributed by atoms with Crippen LogP contribution in [0, 0.1) is 0 Å². The number of hydrogen-bond donors (Lipinski definition) is 1. The maximum Gasteiger partial charge on any atom is 0.117 e. The molecule has 62 valence electrons. The Bertz CT molecular complexity index is 221. The molecule has 2 N–H and O–H groups in total. The highest BCUT2D eigenvalue weighted by Gasteiger charge is 2.08. The molecule has 0 fully saturated rings. The molecule has 1 atom stereocenters. The van der Waals surface area contributed by atoms with Crippen molar-refractivity contribution in [2.24, 2.45) is 5.90 Å². The number of rotatable bonds is 3. The van der Waals surface area contributed by atoms with Gasteiger partial charge in [-0.3, -0.25) is 4.84 Å². The third-order valence-electron chi connectivity index (χ3n) is 1.71. The lowest BCUT2D eigenvalue weighted by Gasteiger charge is -2.09. The predicted octanol–water partition coefficient (Wildman–Crippen LogP) is 0.854. The van der Waals surface area contributed by atoms with Crippen LogP contribution in [-0.2, 0) is 11.4 Å². The number of nitrogens with zero attached hydrogens (tertiary/aromatic N) is 2. The molecule has 0 aliphatic rings. The van der Waals surface area contributed by atoms with Crippen LogP contribution in [-0.4, -0.2) is 9.55 Å². The number of hydrogen-bond acceptors (Lipinski definition) is 3. The highest BCUT2D eigenvalue weighted by atomic mass is 16.6. The normalized spacial score (nSPS) is 13.4. The summed E-state index contributed by atoms with van der Waals surface area (Å²) < 4.78 is 2.00. The molecule has 0 spiro atoms. The van der Waals surface area contributed by atoms with Gasteiger partial charge >= 0.3 is 0 Å². The Morgan fingerprint density at radius 3 is 3.09 bits per heavy atom. The van der Waals surface area contributed by atoms with Crippen LogP contribution in [0.2, 0.25) is 0 Å². The Morgan fingerprint density at radius 1 is 1.82 bits per heavy atom. The summed E-state index contributed by atoms with van der Waals surface area (Å²) in [7, 11) is 0. The molecule has 1 aromatic heterocycles. The molecule has 1 aromatic rings. The molecule has 0 aromatic carbocycles. The summed E-state index contributed by atoms with van der Waals surface area (Å²) >= 11 is 0. The van der Waals surface area contributed by atoms with Crippen LogP contribution >= 0.6 is 0 Å². The highest BCUT2D eigenvalue weighted by Crippen LogP contribution is 2.13. The van der Waals surface area contributed by atoms with Crippen LogP contribution in [0.3, 0.4) is 0 Å². The quantitative estimate of drug-likeness (QED) is 0.658. The standard InChI is InChI=1S/C7H13N3O/c1-3-10-5-9-4-7(10)6(2)11-8/h4-6H,3,8H2,1-2H3. The Labute approximate surface area is 65.9 Å². The summed E-state index contributed by atoms with van der Waals surface area (Å²) in [6, 6.07) is 0. The van der Waals surface area contributed by atoms with E-state index in [-0.39, 0.29) is 6.10 Å². The average Bonchev–Trinajstić information content (AvgIpc) is 2.50. The summed E-state index contributed by atoms with van der Waals surface area (Å²) in [5.41, 5.74) is 1.01. The van der Waals surface area contributed by atoms with Crippen LogP contribution in [0.4, 0.5) is 0 Å². The molecular formula is C7H13N3O. The molecule has 1 rings (SSSR count). The zero-order valence-corrected chi connectivity index (χ0v) is 6.82. The molecule has 0 aliphatic heterocycles. The first-order valence-corrected chi connectivity index (χ1v) is 3.65. The fourth-order valence-electron chi connectivity index (χ4n) is 1.00. The van der Waals surface area contributed by atoms with Gasteiger partial charge < -0.3 is 4.57 Å². The second-order valence-electron chi connectivity index (χ2n) is 2.38. The molecule has 4 nitrogen and oxygen atoms in total. The average molecular weight is 155 g/mol. The van der Waals surface area contributed by atoms with Crippen LogP contribution < -0.4 is 5.90 Å². The lowest BCUT2D eigenvalue weighted by molar-refractivity contribution is 0.0609. The number of imidazole rings is 1. The van der Waals surface area contributed by atoms with Crippen molar-refractivity contribution in [2.45, 2.75) is 26.5 Å². The van der Waals surface area contributed by atoms with E-state index in [1.54, 1.807) is 12.5 Å². The largest absolute Gasteiger partial charge is 0.333 e. The van der Waals surface area contributed by atoms with Gasteiger partial charge in [-0.05, 0) is 13.8 Å². The van der Waals surface area contributed by atoms with Crippen molar-refractivity contribution in [3.8, 4) is 0 Å². The zero-order chi connectivity index (χ0) is 8.27. The Morgan fingerprint density at radius 2 is 2.55 bits per heavy atom. The zero-order valence-electron chi connectivity index (χ0n) is 6.82. The van der Waals surface area contributed by atoms with E-state index >= 15 is 0 Å². The van der Waals surface area contributed by atoms with Gasteiger partial charge in [-0.1, -0.05) is 0 Å². The minimum absolute atomic E-state index is 0.0857. The Kier molecular flexibility index (Phi) is 2.62. The van der Waals surface area contributed by atoms with Gasteiger partial charge in [0, 0.05) is 6.54 Å². The van der Waals surface area contributed by atoms with Gasteiger partial charge in [0.05, 0.1) is 18.2 Å². The summed E-state index contributed by atoms with van der Waals surface area (Å²) in [4.78, 5) is 8.67. The molecule has 0 saturated carbocycles. The van der Waals surface area contributed by atoms with Crippen LogP contribution in [0.15, 0.2) is 12.5 Å². The first kappa shape index (κ1) is 8.23. The van der Waals surface area contributed by atoms with E-state index in [9.17, 15) is 0 Å². The molecule has 4 heteroatoms. The van der Waals surface area contributed by atoms with Crippen molar-refractivity contribution in [1.29, 1.82) is 0 Å². The molecule has 1 unspecified atom stereocenters. The summed E-state index contributed by atoms with van der Waals surface area (Å²) in [6.07, 6.45) is 3.45. The SMILES string of the molecule is CCn1cncc1C(C)ON. The maximum atomic E-state index is 5.05. The van der Waals surface area contributed by atoms with E-state index in [2.05, 4.69) is 16.7 Å². The third kappa shape index (κ3) is 1.58. The molecule has 0 amide bonds. The topological polar surface area (TPSA) is 53.1 Å². The van der Waals surface area contributed by atoms with Gasteiger partial charge in [0.25, 0.3) is 0 Å². The second-order valence-corrected chi connectivity index (χ2v) is 2.38. The van der Waals surface area contributed by atoms with Gasteiger partial charge in [-0.25, -0.2) is 10.9 Å². The van der Waals surface area contributed by atoms with Crippen LogP contribution in [0.25, 0.3) is 0 Å². The van der Waals surface area contributed by atoms with E-state index in [0.717, 1.165) is 12.2 Å². The molecule has 0 saturated heterocycles. The molecular weight excluding hydrogens is 142 g/mol.